The molecule has 1 aromatic heterocycles. The second kappa shape index (κ2) is 7.82. The summed E-state index contributed by atoms with van der Waals surface area (Å²) in [5.41, 5.74) is 3.15. The summed E-state index contributed by atoms with van der Waals surface area (Å²) in [5, 5.41) is 0. The van der Waals surface area contributed by atoms with Gasteiger partial charge in [-0.2, -0.15) is 0 Å². The first kappa shape index (κ1) is 18.2. The molecule has 144 valence electrons. The lowest BCUT2D eigenvalue weighted by atomic mass is 10.1. The summed E-state index contributed by atoms with van der Waals surface area (Å²) in [5.74, 6) is 0.686. The number of aromatic nitrogens is 2. The molecule has 6 heteroatoms. The topological polar surface area (TPSA) is 61.5 Å². The van der Waals surface area contributed by atoms with E-state index in [-0.39, 0.29) is 17.8 Å². The van der Waals surface area contributed by atoms with Crippen molar-refractivity contribution in [3.8, 4) is 0 Å². The van der Waals surface area contributed by atoms with Gasteiger partial charge in [-0.1, -0.05) is 30.3 Å². The van der Waals surface area contributed by atoms with E-state index in [1.165, 1.54) is 5.56 Å². The highest BCUT2D eigenvalue weighted by atomic mass is 16.5. The van der Waals surface area contributed by atoms with Gasteiger partial charge in [0.05, 0.1) is 17.9 Å². The number of fused-ring (bicyclic) bond motifs is 1. The van der Waals surface area contributed by atoms with Crippen LogP contribution in [0.5, 0.6) is 0 Å². The monoisotopic (exact) mass is 368 g/mol. The number of rotatable bonds is 4. The SMILES string of the molecule is CC1CN(c2nc3c(c(=O)[nH]2)CCN(CCc2ccccc2)C3)CC(C)O1. The maximum absolute atomic E-state index is 12.6. The zero-order valence-electron chi connectivity index (χ0n) is 16.1. The number of H-pyrrole nitrogens is 1. The van der Waals surface area contributed by atoms with Gasteiger partial charge in [-0.15, -0.1) is 0 Å². The molecule has 2 unspecified atom stereocenters. The van der Waals surface area contributed by atoms with Crippen molar-refractivity contribution >= 4 is 5.95 Å². The van der Waals surface area contributed by atoms with Crippen LogP contribution < -0.4 is 10.5 Å². The van der Waals surface area contributed by atoms with Crippen LogP contribution >= 0.6 is 0 Å². The molecule has 2 aliphatic heterocycles. The quantitative estimate of drug-likeness (QED) is 0.894. The summed E-state index contributed by atoms with van der Waals surface area (Å²) < 4.78 is 5.80. The fourth-order valence-corrected chi connectivity index (χ4v) is 4.10. The molecule has 1 saturated heterocycles. The Hall–Kier alpha value is -2.18. The van der Waals surface area contributed by atoms with Gasteiger partial charge in [0.15, 0.2) is 0 Å². The first-order valence-corrected chi connectivity index (χ1v) is 9.87. The van der Waals surface area contributed by atoms with E-state index in [1.807, 2.05) is 6.07 Å². The second-order valence-electron chi connectivity index (χ2n) is 7.74. The molecule has 0 spiro atoms. The van der Waals surface area contributed by atoms with E-state index in [9.17, 15) is 4.79 Å². The Balaban J connectivity index is 1.48. The van der Waals surface area contributed by atoms with E-state index in [1.54, 1.807) is 0 Å². The third-order valence-corrected chi connectivity index (χ3v) is 5.42. The molecular weight excluding hydrogens is 340 g/mol. The zero-order chi connectivity index (χ0) is 18.8. The molecule has 3 heterocycles. The molecule has 1 N–H and O–H groups in total. The third kappa shape index (κ3) is 4.22. The summed E-state index contributed by atoms with van der Waals surface area (Å²) in [7, 11) is 0. The van der Waals surface area contributed by atoms with Crippen LogP contribution in [0.4, 0.5) is 5.95 Å². The van der Waals surface area contributed by atoms with E-state index < -0.39 is 0 Å². The molecule has 2 atom stereocenters. The van der Waals surface area contributed by atoms with Crippen molar-refractivity contribution in [2.45, 2.75) is 45.4 Å². The van der Waals surface area contributed by atoms with Gasteiger partial charge in [0.1, 0.15) is 0 Å². The molecule has 6 nitrogen and oxygen atoms in total. The Morgan fingerprint density at radius 2 is 1.93 bits per heavy atom. The van der Waals surface area contributed by atoms with Gasteiger partial charge < -0.3 is 9.64 Å². The van der Waals surface area contributed by atoms with Gasteiger partial charge in [0, 0.05) is 38.3 Å². The van der Waals surface area contributed by atoms with Crippen molar-refractivity contribution in [1.82, 2.24) is 14.9 Å². The van der Waals surface area contributed by atoms with E-state index >= 15 is 0 Å². The van der Waals surface area contributed by atoms with Gasteiger partial charge in [-0.3, -0.25) is 14.7 Å². The lowest BCUT2D eigenvalue weighted by Gasteiger charge is -2.36. The number of ether oxygens (including phenoxy) is 1. The van der Waals surface area contributed by atoms with Crippen LogP contribution in [-0.4, -0.2) is 53.3 Å². The van der Waals surface area contributed by atoms with E-state index in [4.69, 9.17) is 9.72 Å². The summed E-state index contributed by atoms with van der Waals surface area (Å²) in [6, 6.07) is 10.5. The van der Waals surface area contributed by atoms with Gasteiger partial charge >= 0.3 is 0 Å². The third-order valence-electron chi connectivity index (χ3n) is 5.42. The predicted octanol–water partition coefficient (Wildman–Crippen LogP) is 1.98. The zero-order valence-corrected chi connectivity index (χ0v) is 16.1. The minimum atomic E-state index is 0.0181. The molecule has 0 radical (unpaired) electrons. The highest BCUT2D eigenvalue weighted by Crippen LogP contribution is 2.20. The van der Waals surface area contributed by atoms with Gasteiger partial charge in [-0.25, -0.2) is 4.98 Å². The minimum absolute atomic E-state index is 0.0181. The number of nitrogens with one attached hydrogen (secondary N) is 1. The molecular formula is C21H28N4O2. The molecule has 4 rings (SSSR count). The number of morpholine rings is 1. The molecule has 2 aromatic rings. The van der Waals surface area contributed by atoms with Crippen molar-refractivity contribution in [1.29, 1.82) is 0 Å². The van der Waals surface area contributed by atoms with Gasteiger partial charge in [-0.05, 0) is 32.3 Å². The van der Waals surface area contributed by atoms with E-state index in [2.05, 4.69) is 52.9 Å². The Morgan fingerprint density at radius 3 is 2.67 bits per heavy atom. The lowest BCUT2D eigenvalue weighted by Crippen LogP contribution is -2.47. The highest BCUT2D eigenvalue weighted by molar-refractivity contribution is 5.35. The molecule has 1 aromatic carbocycles. The largest absolute Gasteiger partial charge is 0.372 e. The van der Waals surface area contributed by atoms with Crippen LogP contribution in [0.25, 0.3) is 0 Å². The van der Waals surface area contributed by atoms with Crippen LogP contribution in [0.2, 0.25) is 0 Å². The highest BCUT2D eigenvalue weighted by Gasteiger charge is 2.26. The number of hydrogen-bond acceptors (Lipinski definition) is 5. The smallest absolute Gasteiger partial charge is 0.255 e. The molecule has 0 aliphatic carbocycles. The summed E-state index contributed by atoms with van der Waals surface area (Å²) >= 11 is 0. The van der Waals surface area contributed by atoms with E-state index in [0.717, 1.165) is 56.8 Å². The molecule has 2 aliphatic rings. The summed E-state index contributed by atoms with van der Waals surface area (Å²) in [6.45, 7) is 8.27. The Labute approximate surface area is 160 Å². The predicted molar refractivity (Wildman–Crippen MR) is 106 cm³/mol. The molecule has 0 amide bonds. The standard InChI is InChI=1S/C21H28N4O2/c1-15-12-25(13-16(2)27-15)21-22-19-14-24(11-9-18(19)20(26)23-21)10-8-17-6-4-3-5-7-17/h3-7,15-16H,8-14H2,1-2H3,(H,22,23,26). The lowest BCUT2D eigenvalue weighted by molar-refractivity contribution is -0.00576. The first-order valence-electron chi connectivity index (χ1n) is 9.87. The number of aromatic amines is 1. The summed E-state index contributed by atoms with van der Waals surface area (Å²) in [4.78, 5) is 25.0. The average Bonchev–Trinajstić information content (AvgIpc) is 2.66. The maximum atomic E-state index is 12.6. The second-order valence-corrected chi connectivity index (χ2v) is 7.74. The minimum Gasteiger partial charge on any atom is -0.372 e. The number of anilines is 1. The average molecular weight is 368 g/mol. The fourth-order valence-electron chi connectivity index (χ4n) is 4.10. The first-order chi connectivity index (χ1) is 13.1. The van der Waals surface area contributed by atoms with Crippen molar-refractivity contribution in [3.63, 3.8) is 0 Å². The van der Waals surface area contributed by atoms with Crippen molar-refractivity contribution < 1.29 is 4.74 Å². The van der Waals surface area contributed by atoms with Crippen LogP contribution in [0.3, 0.4) is 0 Å². The van der Waals surface area contributed by atoms with Gasteiger partial charge in [0.2, 0.25) is 5.95 Å². The fraction of sp³-hybridized carbons (Fsp3) is 0.524. The van der Waals surface area contributed by atoms with E-state index in [0.29, 0.717) is 5.95 Å². The normalized spacial score (nSPS) is 23.3. The van der Waals surface area contributed by atoms with Gasteiger partial charge in [0.25, 0.3) is 5.56 Å². The molecule has 1 fully saturated rings. The Kier molecular flexibility index (Phi) is 5.27. The van der Waals surface area contributed by atoms with Crippen molar-refractivity contribution in [3.05, 3.63) is 57.5 Å². The van der Waals surface area contributed by atoms with Crippen LogP contribution in [0.1, 0.15) is 30.7 Å². The molecule has 27 heavy (non-hydrogen) atoms. The Morgan fingerprint density at radius 1 is 1.19 bits per heavy atom. The molecule has 0 saturated carbocycles. The summed E-state index contributed by atoms with van der Waals surface area (Å²) in [6.07, 6.45) is 2.06. The maximum Gasteiger partial charge on any atom is 0.255 e. The number of nitrogens with zero attached hydrogens (tertiary/aromatic N) is 3. The number of benzene rings is 1. The molecule has 0 bridgehead atoms. The van der Waals surface area contributed by atoms with Crippen LogP contribution in [-0.2, 0) is 24.1 Å². The van der Waals surface area contributed by atoms with Crippen LogP contribution in [0.15, 0.2) is 35.1 Å². The Bertz CT molecular complexity index is 826. The van der Waals surface area contributed by atoms with Crippen molar-refractivity contribution in [2.75, 3.05) is 31.1 Å². The number of hydrogen-bond donors (Lipinski definition) is 1. The van der Waals surface area contributed by atoms with Crippen LogP contribution in [0, 0.1) is 0 Å². The van der Waals surface area contributed by atoms with Crippen molar-refractivity contribution in [2.24, 2.45) is 0 Å².